The molecule has 0 aliphatic rings. The Labute approximate surface area is 101 Å². The minimum atomic E-state index is -0.249. The van der Waals surface area contributed by atoms with Crippen LogP contribution in [0, 0.1) is 5.82 Å². The Kier molecular flexibility index (Phi) is 3.36. The van der Waals surface area contributed by atoms with Gasteiger partial charge in [-0.25, -0.2) is 4.39 Å². The summed E-state index contributed by atoms with van der Waals surface area (Å²) in [4.78, 5) is 0. The summed E-state index contributed by atoms with van der Waals surface area (Å²) in [6.45, 7) is 0.416. The van der Waals surface area contributed by atoms with E-state index in [1.165, 1.54) is 12.1 Å². The van der Waals surface area contributed by atoms with Gasteiger partial charge in [0.15, 0.2) is 0 Å². The molecule has 0 amide bonds. The third-order valence-corrected chi connectivity index (χ3v) is 2.78. The van der Waals surface area contributed by atoms with Crippen LogP contribution in [0.3, 0.4) is 0 Å². The standard InChI is InChI=1S/C11H11BrFN3/c12-9-6-15-16(7-9)11(5-14)8-1-3-10(13)4-2-8/h1-4,6-7,11H,5,14H2. The van der Waals surface area contributed by atoms with Gasteiger partial charge in [0.1, 0.15) is 5.82 Å². The maximum absolute atomic E-state index is 12.8. The van der Waals surface area contributed by atoms with Gasteiger partial charge in [0.25, 0.3) is 0 Å². The molecular weight excluding hydrogens is 273 g/mol. The highest BCUT2D eigenvalue weighted by Crippen LogP contribution is 2.19. The quantitative estimate of drug-likeness (QED) is 0.940. The molecule has 0 bridgehead atoms. The summed E-state index contributed by atoms with van der Waals surface area (Å²) in [6, 6.07) is 6.24. The Morgan fingerprint density at radius 2 is 2.06 bits per heavy atom. The monoisotopic (exact) mass is 283 g/mol. The van der Waals surface area contributed by atoms with E-state index in [9.17, 15) is 4.39 Å². The number of hydrogen-bond donors (Lipinski definition) is 1. The van der Waals surface area contributed by atoms with Crippen LogP contribution in [0.4, 0.5) is 4.39 Å². The van der Waals surface area contributed by atoms with Gasteiger partial charge >= 0.3 is 0 Å². The normalized spacial score (nSPS) is 12.7. The summed E-state index contributed by atoms with van der Waals surface area (Å²) in [5.74, 6) is -0.249. The Morgan fingerprint density at radius 1 is 1.38 bits per heavy atom. The highest BCUT2D eigenvalue weighted by atomic mass is 79.9. The summed E-state index contributed by atoms with van der Waals surface area (Å²) in [6.07, 6.45) is 3.55. The first-order chi connectivity index (χ1) is 7.70. The molecule has 1 atom stereocenters. The average molecular weight is 284 g/mol. The minimum Gasteiger partial charge on any atom is -0.328 e. The van der Waals surface area contributed by atoms with Crippen molar-refractivity contribution < 1.29 is 4.39 Å². The van der Waals surface area contributed by atoms with Crippen LogP contribution in [0.2, 0.25) is 0 Å². The van der Waals surface area contributed by atoms with E-state index in [4.69, 9.17) is 5.73 Å². The van der Waals surface area contributed by atoms with Crippen LogP contribution in [0.15, 0.2) is 41.1 Å². The van der Waals surface area contributed by atoms with Gasteiger partial charge in [-0.2, -0.15) is 5.10 Å². The summed E-state index contributed by atoms with van der Waals surface area (Å²) < 4.78 is 15.5. The van der Waals surface area contributed by atoms with Crippen LogP contribution in [-0.2, 0) is 0 Å². The van der Waals surface area contributed by atoms with Crippen LogP contribution in [0.5, 0.6) is 0 Å². The van der Waals surface area contributed by atoms with E-state index in [0.717, 1.165) is 10.0 Å². The third kappa shape index (κ3) is 2.31. The van der Waals surface area contributed by atoms with Crippen molar-refractivity contribution in [2.24, 2.45) is 5.73 Å². The Hall–Kier alpha value is -1.20. The first-order valence-electron chi connectivity index (χ1n) is 4.86. The molecule has 84 valence electrons. The van der Waals surface area contributed by atoms with Crippen molar-refractivity contribution in [3.63, 3.8) is 0 Å². The fourth-order valence-corrected chi connectivity index (χ4v) is 1.87. The summed E-state index contributed by atoms with van der Waals surface area (Å²) in [7, 11) is 0. The number of hydrogen-bond acceptors (Lipinski definition) is 2. The zero-order chi connectivity index (χ0) is 11.5. The van der Waals surface area contributed by atoms with Crippen LogP contribution < -0.4 is 5.73 Å². The van der Waals surface area contributed by atoms with E-state index in [-0.39, 0.29) is 11.9 Å². The molecule has 0 aliphatic carbocycles. The molecular formula is C11H11BrFN3. The van der Waals surface area contributed by atoms with Crippen molar-refractivity contribution in [1.29, 1.82) is 0 Å². The van der Waals surface area contributed by atoms with Gasteiger partial charge in [0, 0.05) is 12.7 Å². The molecule has 1 aromatic heterocycles. The molecule has 5 heteroatoms. The van der Waals surface area contributed by atoms with E-state index in [0.29, 0.717) is 6.54 Å². The topological polar surface area (TPSA) is 43.8 Å². The zero-order valence-corrected chi connectivity index (χ0v) is 10.1. The maximum Gasteiger partial charge on any atom is 0.123 e. The third-order valence-electron chi connectivity index (χ3n) is 2.37. The molecule has 0 saturated carbocycles. The molecule has 0 spiro atoms. The van der Waals surface area contributed by atoms with Gasteiger partial charge in [0.2, 0.25) is 0 Å². The van der Waals surface area contributed by atoms with Gasteiger partial charge in [0.05, 0.1) is 16.7 Å². The molecule has 0 aliphatic heterocycles. The second-order valence-corrected chi connectivity index (χ2v) is 4.36. The second kappa shape index (κ2) is 4.76. The largest absolute Gasteiger partial charge is 0.328 e. The Morgan fingerprint density at radius 3 is 2.56 bits per heavy atom. The second-order valence-electron chi connectivity index (χ2n) is 3.44. The predicted octanol–water partition coefficient (Wildman–Crippen LogP) is 2.33. The number of benzene rings is 1. The van der Waals surface area contributed by atoms with Crippen LogP contribution in [-0.4, -0.2) is 16.3 Å². The molecule has 16 heavy (non-hydrogen) atoms. The van der Waals surface area contributed by atoms with Crippen molar-refractivity contribution in [2.45, 2.75) is 6.04 Å². The highest BCUT2D eigenvalue weighted by Gasteiger charge is 2.12. The molecule has 0 fully saturated rings. The van der Waals surface area contributed by atoms with Gasteiger partial charge in [-0.05, 0) is 33.6 Å². The van der Waals surface area contributed by atoms with Gasteiger partial charge in [-0.1, -0.05) is 12.1 Å². The number of halogens is 2. The molecule has 2 aromatic rings. The lowest BCUT2D eigenvalue weighted by molar-refractivity contribution is 0.530. The van der Waals surface area contributed by atoms with E-state index in [1.54, 1.807) is 23.0 Å². The molecule has 0 radical (unpaired) electrons. The predicted molar refractivity (Wildman–Crippen MR) is 63.5 cm³/mol. The lowest BCUT2D eigenvalue weighted by Gasteiger charge is -2.15. The van der Waals surface area contributed by atoms with Crippen molar-refractivity contribution in [3.05, 3.63) is 52.5 Å². The van der Waals surface area contributed by atoms with Crippen LogP contribution in [0.1, 0.15) is 11.6 Å². The van der Waals surface area contributed by atoms with Crippen LogP contribution >= 0.6 is 15.9 Å². The average Bonchev–Trinajstić information content (AvgIpc) is 2.69. The Bertz CT molecular complexity index is 466. The zero-order valence-electron chi connectivity index (χ0n) is 8.48. The van der Waals surface area contributed by atoms with E-state index < -0.39 is 0 Å². The molecule has 0 saturated heterocycles. The maximum atomic E-state index is 12.8. The SMILES string of the molecule is NCC(c1ccc(F)cc1)n1cc(Br)cn1. The fraction of sp³-hybridized carbons (Fsp3) is 0.182. The first-order valence-corrected chi connectivity index (χ1v) is 5.65. The van der Waals surface area contributed by atoms with Crippen molar-refractivity contribution in [2.75, 3.05) is 6.54 Å². The highest BCUT2D eigenvalue weighted by molar-refractivity contribution is 9.10. The number of rotatable bonds is 3. The van der Waals surface area contributed by atoms with Crippen LogP contribution in [0.25, 0.3) is 0 Å². The van der Waals surface area contributed by atoms with E-state index >= 15 is 0 Å². The van der Waals surface area contributed by atoms with E-state index in [1.807, 2.05) is 6.20 Å². The van der Waals surface area contributed by atoms with Gasteiger partial charge in [-0.15, -0.1) is 0 Å². The smallest absolute Gasteiger partial charge is 0.123 e. The van der Waals surface area contributed by atoms with Crippen molar-refractivity contribution in [3.8, 4) is 0 Å². The van der Waals surface area contributed by atoms with Crippen molar-refractivity contribution >= 4 is 15.9 Å². The molecule has 1 unspecified atom stereocenters. The fourth-order valence-electron chi connectivity index (χ4n) is 1.57. The summed E-state index contributed by atoms with van der Waals surface area (Å²) in [5.41, 5.74) is 6.66. The minimum absolute atomic E-state index is 0.0631. The number of nitrogens with zero attached hydrogens (tertiary/aromatic N) is 2. The lowest BCUT2D eigenvalue weighted by Crippen LogP contribution is -2.20. The molecule has 2 N–H and O–H groups in total. The lowest BCUT2D eigenvalue weighted by atomic mass is 10.1. The van der Waals surface area contributed by atoms with Crippen molar-refractivity contribution in [1.82, 2.24) is 9.78 Å². The molecule has 3 nitrogen and oxygen atoms in total. The van der Waals surface area contributed by atoms with Gasteiger partial charge in [-0.3, -0.25) is 4.68 Å². The first kappa shape index (κ1) is 11.3. The van der Waals surface area contributed by atoms with E-state index in [2.05, 4.69) is 21.0 Å². The number of aromatic nitrogens is 2. The summed E-state index contributed by atoms with van der Waals surface area (Å²) in [5, 5.41) is 4.18. The molecule has 1 aromatic carbocycles. The number of nitrogens with two attached hydrogens (primary N) is 1. The molecule has 1 heterocycles. The van der Waals surface area contributed by atoms with Gasteiger partial charge < -0.3 is 5.73 Å². The Balaban J connectivity index is 2.32. The summed E-state index contributed by atoms with van der Waals surface area (Å²) >= 11 is 3.33. The molecule has 2 rings (SSSR count).